The van der Waals surface area contributed by atoms with E-state index in [4.69, 9.17) is 11.6 Å². The Morgan fingerprint density at radius 3 is 2.77 bits per heavy atom. The fourth-order valence-electron chi connectivity index (χ4n) is 1.18. The van der Waals surface area contributed by atoms with Gasteiger partial charge in [-0.25, -0.2) is 0 Å². The van der Waals surface area contributed by atoms with Crippen molar-refractivity contribution in [3.05, 3.63) is 35.6 Å². The second kappa shape index (κ2) is 3.18. The van der Waals surface area contributed by atoms with Crippen LogP contribution in [0.15, 0.2) is 30.6 Å². The summed E-state index contributed by atoms with van der Waals surface area (Å²) >= 11 is 5.98. The topological polar surface area (TPSA) is 30.7 Å². The maximum absolute atomic E-state index is 5.98. The third-order valence-corrected chi connectivity index (χ3v) is 2.13. The van der Waals surface area contributed by atoms with Crippen molar-refractivity contribution in [3.8, 4) is 11.4 Å². The first-order valence-electron chi connectivity index (χ1n) is 3.88. The third kappa shape index (κ3) is 1.42. The number of halogens is 1. The second-order valence-electron chi connectivity index (χ2n) is 2.67. The fraction of sp³-hybridized carbons (Fsp3) is 0.111. The van der Waals surface area contributed by atoms with Crippen LogP contribution < -0.4 is 0 Å². The van der Waals surface area contributed by atoms with Gasteiger partial charge in [0, 0.05) is 19.4 Å². The Morgan fingerprint density at radius 2 is 2.15 bits per heavy atom. The lowest BCUT2D eigenvalue weighted by molar-refractivity contribution is 0.773. The van der Waals surface area contributed by atoms with Crippen LogP contribution in [0, 0.1) is 0 Å². The van der Waals surface area contributed by atoms with E-state index in [1.54, 1.807) is 17.1 Å². The minimum atomic E-state index is 0.645. The van der Waals surface area contributed by atoms with Gasteiger partial charge in [-0.2, -0.15) is 5.10 Å². The van der Waals surface area contributed by atoms with Crippen molar-refractivity contribution in [2.45, 2.75) is 0 Å². The molecule has 3 nitrogen and oxygen atoms in total. The summed E-state index contributed by atoms with van der Waals surface area (Å²) in [6.45, 7) is 0. The van der Waals surface area contributed by atoms with Crippen LogP contribution in [0.1, 0.15) is 0 Å². The summed E-state index contributed by atoms with van der Waals surface area (Å²) in [5.74, 6) is 0. The van der Waals surface area contributed by atoms with Gasteiger partial charge in [0.05, 0.1) is 10.7 Å². The Morgan fingerprint density at radius 1 is 1.31 bits per heavy atom. The molecule has 0 aliphatic heterocycles. The van der Waals surface area contributed by atoms with Gasteiger partial charge in [-0.1, -0.05) is 11.6 Å². The van der Waals surface area contributed by atoms with E-state index in [1.165, 1.54) is 0 Å². The Labute approximate surface area is 81.0 Å². The number of rotatable bonds is 1. The van der Waals surface area contributed by atoms with E-state index in [1.807, 2.05) is 25.2 Å². The quantitative estimate of drug-likeness (QED) is 0.695. The molecule has 0 saturated carbocycles. The smallest absolute Gasteiger partial charge is 0.107 e. The summed E-state index contributed by atoms with van der Waals surface area (Å²) in [4.78, 5) is 4.19. The SMILES string of the molecule is Cn1nccc1-c1ncccc1Cl. The van der Waals surface area contributed by atoms with Crippen LogP contribution in [-0.2, 0) is 7.05 Å². The molecule has 0 amide bonds. The van der Waals surface area contributed by atoms with Crippen LogP contribution in [0.2, 0.25) is 5.02 Å². The Balaban J connectivity index is 2.59. The highest BCUT2D eigenvalue weighted by Crippen LogP contribution is 2.23. The van der Waals surface area contributed by atoms with Crippen LogP contribution in [0.5, 0.6) is 0 Å². The standard InChI is InChI=1S/C9H8ClN3/c1-13-8(4-6-12-13)9-7(10)3-2-5-11-9/h2-6H,1H3. The third-order valence-electron chi connectivity index (χ3n) is 1.82. The molecule has 4 heteroatoms. The molecule has 0 spiro atoms. The van der Waals surface area contributed by atoms with Crippen molar-refractivity contribution in [3.63, 3.8) is 0 Å². The molecule has 2 heterocycles. The molecule has 0 saturated heterocycles. The molecule has 0 aromatic carbocycles. The molecule has 0 aliphatic carbocycles. The predicted molar refractivity (Wildman–Crippen MR) is 51.4 cm³/mol. The van der Waals surface area contributed by atoms with E-state index in [9.17, 15) is 0 Å². The maximum Gasteiger partial charge on any atom is 0.107 e. The summed E-state index contributed by atoms with van der Waals surface area (Å²) in [5, 5.41) is 4.70. The Hall–Kier alpha value is -1.35. The summed E-state index contributed by atoms with van der Waals surface area (Å²) in [7, 11) is 1.86. The number of aromatic nitrogens is 3. The van der Waals surface area contributed by atoms with Gasteiger partial charge in [0.2, 0.25) is 0 Å². The van der Waals surface area contributed by atoms with E-state index >= 15 is 0 Å². The summed E-state index contributed by atoms with van der Waals surface area (Å²) in [6, 6.07) is 5.51. The number of hydrogen-bond acceptors (Lipinski definition) is 2. The Bertz CT molecular complexity index is 422. The summed E-state index contributed by atoms with van der Waals surface area (Å²) < 4.78 is 1.74. The van der Waals surface area contributed by atoms with E-state index in [0.29, 0.717) is 5.02 Å². The largest absolute Gasteiger partial charge is 0.266 e. The van der Waals surface area contributed by atoms with Crippen LogP contribution in [0.3, 0.4) is 0 Å². The van der Waals surface area contributed by atoms with Crippen molar-refractivity contribution in [2.24, 2.45) is 7.05 Å². The van der Waals surface area contributed by atoms with Crippen molar-refractivity contribution < 1.29 is 0 Å². The summed E-state index contributed by atoms with van der Waals surface area (Å²) in [5.41, 5.74) is 1.69. The average Bonchev–Trinajstić information content (AvgIpc) is 2.52. The monoisotopic (exact) mass is 193 g/mol. The van der Waals surface area contributed by atoms with Gasteiger partial charge in [-0.05, 0) is 18.2 Å². The molecular weight excluding hydrogens is 186 g/mol. The Kier molecular flexibility index (Phi) is 2.02. The first-order chi connectivity index (χ1) is 6.29. The number of hydrogen-bond donors (Lipinski definition) is 0. The van der Waals surface area contributed by atoms with Crippen molar-refractivity contribution in [1.82, 2.24) is 14.8 Å². The van der Waals surface area contributed by atoms with Crippen LogP contribution in [0.25, 0.3) is 11.4 Å². The summed E-state index contributed by atoms with van der Waals surface area (Å²) in [6.07, 6.45) is 3.44. The number of nitrogens with zero attached hydrogens (tertiary/aromatic N) is 3. The van der Waals surface area contributed by atoms with Crippen molar-refractivity contribution >= 4 is 11.6 Å². The molecule has 0 fully saturated rings. The van der Waals surface area contributed by atoms with Gasteiger partial charge in [-0.3, -0.25) is 9.67 Å². The lowest BCUT2D eigenvalue weighted by Crippen LogP contribution is -1.95. The molecule has 0 N–H and O–H groups in total. The highest BCUT2D eigenvalue weighted by atomic mass is 35.5. The molecule has 2 aromatic heterocycles. The van der Waals surface area contributed by atoms with Gasteiger partial charge in [0.25, 0.3) is 0 Å². The molecule has 2 aromatic rings. The van der Waals surface area contributed by atoms with Gasteiger partial charge < -0.3 is 0 Å². The molecule has 0 atom stereocenters. The molecule has 2 rings (SSSR count). The maximum atomic E-state index is 5.98. The highest BCUT2D eigenvalue weighted by molar-refractivity contribution is 6.32. The van der Waals surface area contributed by atoms with Gasteiger partial charge in [0.15, 0.2) is 0 Å². The zero-order chi connectivity index (χ0) is 9.26. The molecule has 0 unspecified atom stereocenters. The molecular formula is C9H8ClN3. The fourth-order valence-corrected chi connectivity index (χ4v) is 1.40. The van der Waals surface area contributed by atoms with Gasteiger partial charge in [-0.15, -0.1) is 0 Å². The van der Waals surface area contributed by atoms with E-state index in [-0.39, 0.29) is 0 Å². The molecule has 0 bridgehead atoms. The molecule has 66 valence electrons. The van der Waals surface area contributed by atoms with E-state index in [0.717, 1.165) is 11.4 Å². The zero-order valence-corrected chi connectivity index (χ0v) is 7.86. The number of pyridine rings is 1. The van der Waals surface area contributed by atoms with Gasteiger partial charge in [0.1, 0.15) is 5.69 Å². The van der Waals surface area contributed by atoms with Crippen LogP contribution in [0.4, 0.5) is 0 Å². The van der Waals surface area contributed by atoms with E-state index < -0.39 is 0 Å². The van der Waals surface area contributed by atoms with Crippen LogP contribution >= 0.6 is 11.6 Å². The first-order valence-corrected chi connectivity index (χ1v) is 4.26. The van der Waals surface area contributed by atoms with Gasteiger partial charge >= 0.3 is 0 Å². The second-order valence-corrected chi connectivity index (χ2v) is 3.08. The minimum absolute atomic E-state index is 0.645. The van der Waals surface area contributed by atoms with Crippen molar-refractivity contribution in [2.75, 3.05) is 0 Å². The van der Waals surface area contributed by atoms with E-state index in [2.05, 4.69) is 10.1 Å². The zero-order valence-electron chi connectivity index (χ0n) is 7.11. The normalized spacial score (nSPS) is 10.3. The lowest BCUT2D eigenvalue weighted by atomic mass is 10.3. The lowest BCUT2D eigenvalue weighted by Gasteiger charge is -2.02. The highest BCUT2D eigenvalue weighted by Gasteiger charge is 2.06. The molecule has 0 aliphatic rings. The first kappa shape index (κ1) is 8.26. The van der Waals surface area contributed by atoms with Crippen LogP contribution in [-0.4, -0.2) is 14.8 Å². The average molecular weight is 194 g/mol. The minimum Gasteiger partial charge on any atom is -0.266 e. The number of aryl methyl sites for hydroxylation is 1. The predicted octanol–water partition coefficient (Wildman–Crippen LogP) is 2.14. The van der Waals surface area contributed by atoms with Crippen molar-refractivity contribution in [1.29, 1.82) is 0 Å². The molecule has 0 radical (unpaired) electrons. The molecule has 13 heavy (non-hydrogen) atoms.